The van der Waals surface area contributed by atoms with Gasteiger partial charge in [-0.2, -0.15) is 12.6 Å². The second-order valence-corrected chi connectivity index (χ2v) is 5.03. The first-order valence-electron chi connectivity index (χ1n) is 6.14. The second-order valence-electron chi connectivity index (χ2n) is 4.58. The monoisotopic (exact) mass is 287 g/mol. The fourth-order valence-corrected chi connectivity index (χ4v) is 2.13. The number of nitro groups is 1. The van der Waals surface area contributed by atoms with Crippen molar-refractivity contribution in [2.24, 2.45) is 5.92 Å². The lowest BCUT2D eigenvalue weighted by atomic mass is 10.1. The molecule has 0 bridgehead atoms. The molecule has 0 spiro atoms. The van der Waals surface area contributed by atoms with Crippen molar-refractivity contribution in [2.75, 3.05) is 12.4 Å². The van der Waals surface area contributed by atoms with Crippen molar-refractivity contribution in [1.29, 1.82) is 0 Å². The maximum atomic E-state index is 13.6. The Balaban J connectivity index is 2.65. The first-order chi connectivity index (χ1) is 8.95. The summed E-state index contributed by atoms with van der Waals surface area (Å²) < 4.78 is 19.0. The number of nitro benzene ring substituents is 1. The van der Waals surface area contributed by atoms with Gasteiger partial charge in [0, 0.05) is 5.56 Å². The minimum absolute atomic E-state index is 0.0705. The topological polar surface area (TPSA) is 52.4 Å². The molecular weight excluding hydrogens is 269 g/mol. The van der Waals surface area contributed by atoms with E-state index in [1.807, 2.05) is 0 Å². The molecular formula is C13H18FNO3S. The summed E-state index contributed by atoms with van der Waals surface area (Å²) in [5.41, 5.74) is 0.165. The van der Waals surface area contributed by atoms with Crippen molar-refractivity contribution < 1.29 is 14.1 Å². The number of ether oxygens (including phenoxy) is 1. The van der Waals surface area contributed by atoms with Gasteiger partial charge in [-0.25, -0.2) is 4.39 Å². The molecule has 19 heavy (non-hydrogen) atoms. The molecule has 0 heterocycles. The lowest BCUT2D eigenvalue weighted by Gasteiger charge is -2.12. The third-order valence-electron chi connectivity index (χ3n) is 2.94. The zero-order valence-electron chi connectivity index (χ0n) is 11.1. The van der Waals surface area contributed by atoms with Gasteiger partial charge in [0.1, 0.15) is 0 Å². The van der Waals surface area contributed by atoms with Crippen LogP contribution in [0.25, 0.3) is 0 Å². The van der Waals surface area contributed by atoms with Crippen LogP contribution in [0.15, 0.2) is 12.1 Å². The van der Waals surface area contributed by atoms with Crippen LogP contribution in [0.3, 0.4) is 0 Å². The van der Waals surface area contributed by atoms with E-state index in [9.17, 15) is 14.5 Å². The van der Waals surface area contributed by atoms with Gasteiger partial charge in [0.25, 0.3) is 5.69 Å². The summed E-state index contributed by atoms with van der Waals surface area (Å²) in [6.07, 6.45) is 1.78. The van der Waals surface area contributed by atoms with Crippen LogP contribution in [0.4, 0.5) is 10.1 Å². The third kappa shape index (κ3) is 4.70. The smallest absolute Gasteiger partial charge is 0.275 e. The van der Waals surface area contributed by atoms with E-state index in [0.29, 0.717) is 18.1 Å². The summed E-state index contributed by atoms with van der Waals surface area (Å²) >= 11 is 4.15. The summed E-state index contributed by atoms with van der Waals surface area (Å²) in [5, 5.41) is 10.7. The van der Waals surface area contributed by atoms with E-state index in [1.54, 1.807) is 6.92 Å². The number of rotatable bonds is 7. The Morgan fingerprint density at radius 2 is 2.16 bits per heavy atom. The van der Waals surface area contributed by atoms with E-state index in [0.717, 1.165) is 24.7 Å². The molecule has 0 amide bonds. The standard InChI is InChI=1S/C13H18FNO3S/c1-9(4-6-19)3-5-18-13-7-10(2)12(15(16)17)8-11(13)14/h7-9,19H,3-6H2,1-2H3. The van der Waals surface area contributed by atoms with Crippen LogP contribution in [0.1, 0.15) is 25.3 Å². The van der Waals surface area contributed by atoms with Crippen LogP contribution >= 0.6 is 12.6 Å². The molecule has 0 aromatic heterocycles. The highest BCUT2D eigenvalue weighted by atomic mass is 32.1. The second kappa shape index (κ2) is 7.33. The van der Waals surface area contributed by atoms with E-state index in [-0.39, 0.29) is 11.4 Å². The largest absolute Gasteiger partial charge is 0.490 e. The lowest BCUT2D eigenvalue weighted by molar-refractivity contribution is -0.385. The summed E-state index contributed by atoms with van der Waals surface area (Å²) in [5.74, 6) is 0.645. The fourth-order valence-electron chi connectivity index (χ4n) is 1.69. The summed E-state index contributed by atoms with van der Waals surface area (Å²) in [7, 11) is 0. The van der Waals surface area contributed by atoms with Gasteiger partial charge in [-0.05, 0) is 37.5 Å². The minimum atomic E-state index is -0.695. The molecule has 1 aromatic rings. The number of nitrogens with zero attached hydrogens (tertiary/aromatic N) is 1. The first kappa shape index (κ1) is 15.8. The Kier molecular flexibility index (Phi) is 6.08. The molecule has 1 unspecified atom stereocenters. The number of hydrogen-bond acceptors (Lipinski definition) is 4. The maximum absolute atomic E-state index is 13.6. The summed E-state index contributed by atoms with van der Waals surface area (Å²) in [6, 6.07) is 2.28. The van der Waals surface area contributed by atoms with Crippen LogP contribution < -0.4 is 4.74 Å². The molecule has 1 atom stereocenters. The molecule has 0 aliphatic heterocycles. The zero-order chi connectivity index (χ0) is 14.4. The highest BCUT2D eigenvalue weighted by molar-refractivity contribution is 7.80. The van der Waals surface area contributed by atoms with Gasteiger partial charge in [0.05, 0.1) is 17.6 Å². The average Bonchev–Trinajstić information content (AvgIpc) is 2.33. The number of aryl methyl sites for hydroxylation is 1. The van der Waals surface area contributed by atoms with Gasteiger partial charge in [0.15, 0.2) is 11.6 Å². The molecule has 1 rings (SSSR count). The van der Waals surface area contributed by atoms with Crippen LogP contribution in [0, 0.1) is 28.8 Å². The number of thiol groups is 1. The van der Waals surface area contributed by atoms with E-state index in [4.69, 9.17) is 4.74 Å². The minimum Gasteiger partial charge on any atom is -0.490 e. The molecule has 0 saturated carbocycles. The zero-order valence-corrected chi connectivity index (χ0v) is 12.0. The predicted octanol–water partition coefficient (Wildman–Crippen LogP) is 3.77. The van der Waals surface area contributed by atoms with Crippen LogP contribution in [-0.2, 0) is 0 Å². The average molecular weight is 287 g/mol. The van der Waals surface area contributed by atoms with Crippen molar-refractivity contribution in [1.82, 2.24) is 0 Å². The van der Waals surface area contributed by atoms with Crippen molar-refractivity contribution in [3.63, 3.8) is 0 Å². The Morgan fingerprint density at radius 3 is 2.74 bits per heavy atom. The third-order valence-corrected chi connectivity index (χ3v) is 3.20. The van der Waals surface area contributed by atoms with Gasteiger partial charge < -0.3 is 4.74 Å². The molecule has 0 radical (unpaired) electrons. The SMILES string of the molecule is Cc1cc(OCCC(C)CCS)c(F)cc1[N+](=O)[O-]. The van der Waals surface area contributed by atoms with Crippen molar-refractivity contribution >= 4 is 18.3 Å². The molecule has 4 nitrogen and oxygen atoms in total. The Labute approximate surface area is 117 Å². The Hall–Kier alpha value is -1.30. The van der Waals surface area contributed by atoms with Gasteiger partial charge in [-0.3, -0.25) is 10.1 Å². The molecule has 0 N–H and O–H groups in total. The molecule has 0 saturated heterocycles. The summed E-state index contributed by atoms with van der Waals surface area (Å²) in [4.78, 5) is 10.1. The van der Waals surface area contributed by atoms with Crippen molar-refractivity contribution in [3.8, 4) is 5.75 Å². The highest BCUT2D eigenvalue weighted by Crippen LogP contribution is 2.27. The molecule has 1 aromatic carbocycles. The molecule has 106 valence electrons. The van der Waals surface area contributed by atoms with E-state index in [2.05, 4.69) is 19.6 Å². The van der Waals surface area contributed by atoms with Gasteiger partial charge in [-0.1, -0.05) is 6.92 Å². The van der Waals surface area contributed by atoms with Crippen LogP contribution in [0.2, 0.25) is 0 Å². The Bertz CT molecular complexity index is 454. The van der Waals surface area contributed by atoms with Crippen molar-refractivity contribution in [2.45, 2.75) is 26.7 Å². The quantitative estimate of drug-likeness (QED) is 0.472. The normalized spacial score (nSPS) is 12.2. The number of hydrogen-bond donors (Lipinski definition) is 1. The van der Waals surface area contributed by atoms with E-state index in [1.165, 1.54) is 6.07 Å². The first-order valence-corrected chi connectivity index (χ1v) is 6.77. The van der Waals surface area contributed by atoms with E-state index >= 15 is 0 Å². The predicted molar refractivity (Wildman–Crippen MR) is 75.5 cm³/mol. The van der Waals surface area contributed by atoms with Crippen molar-refractivity contribution in [3.05, 3.63) is 33.6 Å². The highest BCUT2D eigenvalue weighted by Gasteiger charge is 2.16. The molecule has 0 fully saturated rings. The molecule has 0 aliphatic rings. The Morgan fingerprint density at radius 1 is 1.47 bits per heavy atom. The lowest BCUT2D eigenvalue weighted by Crippen LogP contribution is -2.06. The number of halogens is 1. The maximum Gasteiger partial charge on any atom is 0.275 e. The van der Waals surface area contributed by atoms with Gasteiger partial charge in [0.2, 0.25) is 0 Å². The fraction of sp³-hybridized carbons (Fsp3) is 0.538. The molecule has 0 aliphatic carbocycles. The summed E-state index contributed by atoms with van der Waals surface area (Å²) in [6.45, 7) is 4.04. The number of benzene rings is 1. The van der Waals surface area contributed by atoms with E-state index < -0.39 is 10.7 Å². The van der Waals surface area contributed by atoms with Gasteiger partial charge >= 0.3 is 0 Å². The van der Waals surface area contributed by atoms with Crippen LogP contribution in [0.5, 0.6) is 5.75 Å². The van der Waals surface area contributed by atoms with Crippen LogP contribution in [-0.4, -0.2) is 17.3 Å². The van der Waals surface area contributed by atoms with Gasteiger partial charge in [-0.15, -0.1) is 0 Å². The molecule has 6 heteroatoms.